The molecule has 5 nitrogen and oxygen atoms in total. The molecule has 0 saturated carbocycles. The minimum absolute atomic E-state index is 0.0218. The van der Waals surface area contributed by atoms with E-state index >= 15 is 0 Å². The summed E-state index contributed by atoms with van der Waals surface area (Å²) in [6.07, 6.45) is 4.06. The van der Waals surface area contributed by atoms with E-state index in [4.69, 9.17) is 5.11 Å². The number of urea groups is 1. The highest BCUT2D eigenvalue weighted by atomic mass is 32.1. The van der Waals surface area contributed by atoms with E-state index in [1.54, 1.807) is 0 Å². The van der Waals surface area contributed by atoms with Crippen molar-refractivity contribution in [3.8, 4) is 0 Å². The molecule has 3 N–H and O–H groups in total. The summed E-state index contributed by atoms with van der Waals surface area (Å²) in [5.74, 6) is 0. The van der Waals surface area contributed by atoms with Crippen LogP contribution in [0.1, 0.15) is 35.8 Å². The maximum atomic E-state index is 11.9. The molecule has 0 spiro atoms. The zero-order valence-corrected chi connectivity index (χ0v) is 14.3. The lowest BCUT2D eigenvalue weighted by Gasteiger charge is -2.12. The van der Waals surface area contributed by atoms with Crippen molar-refractivity contribution in [1.82, 2.24) is 10.3 Å². The Balaban J connectivity index is 1.87. The molecule has 23 heavy (non-hydrogen) atoms. The predicted molar refractivity (Wildman–Crippen MR) is 94.0 cm³/mol. The molecule has 2 aromatic rings. The van der Waals surface area contributed by atoms with Gasteiger partial charge in [-0.1, -0.05) is 24.3 Å². The second-order valence-electron chi connectivity index (χ2n) is 5.60. The molecule has 124 valence electrons. The van der Waals surface area contributed by atoms with E-state index in [0.717, 1.165) is 17.7 Å². The van der Waals surface area contributed by atoms with E-state index in [1.807, 2.05) is 25.3 Å². The van der Waals surface area contributed by atoms with Crippen LogP contribution in [0.5, 0.6) is 0 Å². The number of carbonyl (C=O) groups is 1. The first-order valence-corrected chi connectivity index (χ1v) is 8.57. The number of rotatable bonds is 7. The van der Waals surface area contributed by atoms with Crippen LogP contribution in [0.25, 0.3) is 0 Å². The van der Waals surface area contributed by atoms with Crippen molar-refractivity contribution in [1.29, 1.82) is 0 Å². The number of nitrogens with zero attached hydrogens (tertiary/aromatic N) is 1. The Hall–Kier alpha value is -1.92. The summed E-state index contributed by atoms with van der Waals surface area (Å²) in [6.45, 7) is 4.15. The molecular weight excluding hydrogens is 310 g/mol. The van der Waals surface area contributed by atoms with Gasteiger partial charge in [0.2, 0.25) is 0 Å². The van der Waals surface area contributed by atoms with Gasteiger partial charge < -0.3 is 10.4 Å². The number of anilines is 1. The third-order valence-electron chi connectivity index (χ3n) is 3.57. The fourth-order valence-electron chi connectivity index (χ4n) is 2.27. The summed E-state index contributed by atoms with van der Waals surface area (Å²) in [6, 6.07) is 8.03. The van der Waals surface area contributed by atoms with Crippen LogP contribution in [0.3, 0.4) is 0 Å². The van der Waals surface area contributed by atoms with Crippen molar-refractivity contribution in [2.24, 2.45) is 0 Å². The first-order chi connectivity index (χ1) is 11.1. The van der Waals surface area contributed by atoms with Crippen LogP contribution in [0.15, 0.2) is 30.5 Å². The van der Waals surface area contributed by atoms with Gasteiger partial charge in [-0.25, -0.2) is 9.78 Å². The van der Waals surface area contributed by atoms with Gasteiger partial charge in [-0.2, -0.15) is 0 Å². The van der Waals surface area contributed by atoms with Crippen LogP contribution in [-0.2, 0) is 6.42 Å². The first-order valence-electron chi connectivity index (χ1n) is 7.76. The molecule has 0 fully saturated rings. The number of aliphatic hydroxyl groups excluding tert-OH is 1. The van der Waals surface area contributed by atoms with E-state index in [9.17, 15) is 4.79 Å². The number of aromatic nitrogens is 1. The Morgan fingerprint density at radius 2 is 2.17 bits per heavy atom. The highest BCUT2D eigenvalue weighted by Gasteiger charge is 2.10. The molecule has 1 aromatic heterocycles. The second kappa shape index (κ2) is 8.64. The lowest BCUT2D eigenvalue weighted by atomic mass is 10.1. The SMILES string of the molecule is Cc1ccccc1Cc1cnc(NC(=O)N[C@@H](C)CCCO)s1. The molecule has 0 aliphatic carbocycles. The molecule has 6 heteroatoms. The molecule has 0 radical (unpaired) electrons. The van der Waals surface area contributed by atoms with Crippen LogP contribution in [0, 0.1) is 6.92 Å². The minimum Gasteiger partial charge on any atom is -0.396 e. The van der Waals surface area contributed by atoms with Gasteiger partial charge in [-0.3, -0.25) is 5.32 Å². The topological polar surface area (TPSA) is 74.2 Å². The monoisotopic (exact) mass is 333 g/mol. The van der Waals surface area contributed by atoms with Gasteiger partial charge in [0, 0.05) is 30.1 Å². The fraction of sp³-hybridized carbons (Fsp3) is 0.412. The number of hydrogen-bond donors (Lipinski definition) is 3. The first kappa shape index (κ1) is 17.4. The molecule has 0 aliphatic rings. The summed E-state index contributed by atoms with van der Waals surface area (Å²) in [7, 11) is 0. The Labute approximate surface area is 140 Å². The Kier molecular flexibility index (Phi) is 6.55. The zero-order valence-electron chi connectivity index (χ0n) is 13.5. The van der Waals surface area contributed by atoms with Crippen molar-refractivity contribution < 1.29 is 9.90 Å². The van der Waals surface area contributed by atoms with Crippen LogP contribution >= 0.6 is 11.3 Å². The van der Waals surface area contributed by atoms with Crippen molar-refractivity contribution in [2.45, 2.75) is 39.2 Å². The molecule has 2 rings (SSSR count). The molecule has 1 heterocycles. The largest absolute Gasteiger partial charge is 0.396 e. The number of thiazole rings is 1. The summed E-state index contributed by atoms with van der Waals surface area (Å²) in [5.41, 5.74) is 2.52. The van der Waals surface area contributed by atoms with Crippen LogP contribution in [0.4, 0.5) is 9.93 Å². The molecular formula is C17H23N3O2S. The van der Waals surface area contributed by atoms with Gasteiger partial charge in [0.15, 0.2) is 5.13 Å². The van der Waals surface area contributed by atoms with E-state index in [1.165, 1.54) is 22.5 Å². The quantitative estimate of drug-likeness (QED) is 0.727. The highest BCUT2D eigenvalue weighted by molar-refractivity contribution is 7.15. The predicted octanol–water partition coefficient (Wildman–Crippen LogP) is 3.32. The lowest BCUT2D eigenvalue weighted by molar-refractivity contribution is 0.245. The zero-order chi connectivity index (χ0) is 16.7. The molecule has 1 atom stereocenters. The number of carbonyl (C=O) groups excluding carboxylic acids is 1. The number of aliphatic hydroxyl groups is 1. The molecule has 1 aromatic carbocycles. The van der Waals surface area contributed by atoms with Crippen molar-refractivity contribution >= 4 is 22.5 Å². The normalized spacial score (nSPS) is 12.0. The summed E-state index contributed by atoms with van der Waals surface area (Å²) < 4.78 is 0. The second-order valence-corrected chi connectivity index (χ2v) is 6.72. The van der Waals surface area contributed by atoms with Gasteiger partial charge in [0.25, 0.3) is 0 Å². The third kappa shape index (κ3) is 5.65. The maximum absolute atomic E-state index is 11.9. The fourth-order valence-corrected chi connectivity index (χ4v) is 3.10. The molecule has 2 amide bonds. The van der Waals surface area contributed by atoms with Gasteiger partial charge in [0.1, 0.15) is 0 Å². The lowest BCUT2D eigenvalue weighted by Crippen LogP contribution is -2.36. The summed E-state index contributed by atoms with van der Waals surface area (Å²) in [5, 5.41) is 15.0. The summed E-state index contributed by atoms with van der Waals surface area (Å²) >= 11 is 1.49. The van der Waals surface area contributed by atoms with E-state index in [0.29, 0.717) is 11.6 Å². The molecule has 0 aliphatic heterocycles. The molecule has 0 bridgehead atoms. The molecule has 0 unspecified atom stereocenters. The van der Waals surface area contributed by atoms with Gasteiger partial charge in [0.05, 0.1) is 0 Å². The number of nitrogens with one attached hydrogen (secondary N) is 2. The van der Waals surface area contributed by atoms with Gasteiger partial charge >= 0.3 is 6.03 Å². The van der Waals surface area contributed by atoms with Gasteiger partial charge in [-0.15, -0.1) is 11.3 Å². The number of benzene rings is 1. The standard InChI is InChI=1S/C17H23N3O2S/c1-12-6-3-4-8-14(12)10-15-11-18-17(23-15)20-16(22)19-13(2)7-5-9-21/h3-4,6,8,11,13,21H,5,7,9-10H2,1-2H3,(H2,18,19,20,22)/t13-/m0/s1. The van der Waals surface area contributed by atoms with E-state index < -0.39 is 0 Å². The average Bonchev–Trinajstić information content (AvgIpc) is 2.94. The molecule has 0 saturated heterocycles. The smallest absolute Gasteiger partial charge is 0.321 e. The van der Waals surface area contributed by atoms with Crippen molar-refractivity contribution in [3.63, 3.8) is 0 Å². The number of amides is 2. The Morgan fingerprint density at radius 1 is 1.39 bits per heavy atom. The summed E-state index contributed by atoms with van der Waals surface area (Å²) in [4.78, 5) is 17.3. The maximum Gasteiger partial charge on any atom is 0.321 e. The average molecular weight is 333 g/mol. The van der Waals surface area contributed by atoms with Crippen LogP contribution in [0.2, 0.25) is 0 Å². The van der Waals surface area contributed by atoms with Crippen molar-refractivity contribution in [2.75, 3.05) is 11.9 Å². The van der Waals surface area contributed by atoms with Gasteiger partial charge in [-0.05, 0) is 37.8 Å². The van der Waals surface area contributed by atoms with Crippen LogP contribution < -0.4 is 10.6 Å². The third-order valence-corrected chi connectivity index (χ3v) is 4.49. The van der Waals surface area contributed by atoms with Crippen LogP contribution in [-0.4, -0.2) is 28.8 Å². The Bertz CT molecular complexity index is 642. The number of aryl methyl sites for hydroxylation is 1. The van der Waals surface area contributed by atoms with E-state index in [-0.39, 0.29) is 18.7 Å². The number of hydrogen-bond acceptors (Lipinski definition) is 4. The van der Waals surface area contributed by atoms with E-state index in [2.05, 4.69) is 34.7 Å². The van der Waals surface area contributed by atoms with Crippen molar-refractivity contribution in [3.05, 3.63) is 46.5 Å². The Morgan fingerprint density at radius 3 is 2.91 bits per heavy atom. The highest BCUT2D eigenvalue weighted by Crippen LogP contribution is 2.22. The minimum atomic E-state index is -0.257.